The highest BCUT2D eigenvalue weighted by Crippen LogP contribution is 2.23. The molecule has 1 heterocycles. The summed E-state index contributed by atoms with van der Waals surface area (Å²) in [6.45, 7) is 1.86. The van der Waals surface area contributed by atoms with Crippen molar-refractivity contribution in [2.75, 3.05) is 13.2 Å². The van der Waals surface area contributed by atoms with Crippen molar-refractivity contribution in [2.45, 2.75) is 6.92 Å². The van der Waals surface area contributed by atoms with Gasteiger partial charge in [-0.1, -0.05) is 35.9 Å². The minimum Gasteiger partial charge on any atom is -0.482 e. The van der Waals surface area contributed by atoms with Crippen LogP contribution in [0.2, 0.25) is 5.02 Å². The second kappa shape index (κ2) is 10.3. The summed E-state index contributed by atoms with van der Waals surface area (Å²) >= 11 is 5.96. The van der Waals surface area contributed by atoms with Gasteiger partial charge in [-0.2, -0.15) is 5.10 Å². The van der Waals surface area contributed by atoms with Crippen LogP contribution in [0.25, 0.3) is 11.3 Å². The SMILES string of the molecule is CCOC(=O)c1ccc(-c2ccc(C=NNC(=O)COc3ccccc3Cl)o2)cc1. The third-order valence-electron chi connectivity index (χ3n) is 3.88. The van der Waals surface area contributed by atoms with Gasteiger partial charge in [0.1, 0.15) is 17.3 Å². The fraction of sp³-hybridized carbons (Fsp3) is 0.136. The number of hydrazone groups is 1. The molecule has 1 N–H and O–H groups in total. The number of amides is 1. The number of hydrogen-bond donors (Lipinski definition) is 1. The second-order valence-corrected chi connectivity index (χ2v) is 6.42. The molecule has 0 bridgehead atoms. The van der Waals surface area contributed by atoms with Crippen LogP contribution in [0.15, 0.2) is 70.2 Å². The van der Waals surface area contributed by atoms with Gasteiger partial charge in [0, 0.05) is 5.56 Å². The fourth-order valence-corrected chi connectivity index (χ4v) is 2.66. The molecule has 0 atom stereocenters. The van der Waals surface area contributed by atoms with E-state index in [4.69, 9.17) is 25.5 Å². The molecule has 0 aliphatic rings. The van der Waals surface area contributed by atoms with Crippen molar-refractivity contribution in [1.82, 2.24) is 5.43 Å². The highest BCUT2D eigenvalue weighted by molar-refractivity contribution is 6.32. The van der Waals surface area contributed by atoms with Crippen molar-refractivity contribution < 1.29 is 23.5 Å². The van der Waals surface area contributed by atoms with Gasteiger partial charge in [0.05, 0.1) is 23.4 Å². The number of furan rings is 1. The highest BCUT2D eigenvalue weighted by Gasteiger charge is 2.09. The number of rotatable bonds is 8. The van der Waals surface area contributed by atoms with Crippen molar-refractivity contribution in [2.24, 2.45) is 5.10 Å². The molecule has 0 unspecified atom stereocenters. The predicted molar refractivity (Wildman–Crippen MR) is 113 cm³/mol. The first kappa shape index (κ1) is 21.1. The third kappa shape index (κ3) is 5.71. The molecule has 3 rings (SSSR count). The highest BCUT2D eigenvalue weighted by atomic mass is 35.5. The lowest BCUT2D eigenvalue weighted by Gasteiger charge is -2.06. The molecule has 30 heavy (non-hydrogen) atoms. The van der Waals surface area contributed by atoms with Crippen molar-refractivity contribution in [3.05, 3.63) is 77.0 Å². The van der Waals surface area contributed by atoms with Crippen molar-refractivity contribution in [3.63, 3.8) is 0 Å². The molecule has 0 saturated carbocycles. The quantitative estimate of drug-likeness (QED) is 0.329. The van der Waals surface area contributed by atoms with E-state index < -0.39 is 5.91 Å². The minimum absolute atomic E-state index is 0.225. The number of halogens is 1. The summed E-state index contributed by atoms with van der Waals surface area (Å²) in [7, 11) is 0. The molecule has 2 aromatic carbocycles. The van der Waals surface area contributed by atoms with Gasteiger partial charge in [0.2, 0.25) is 0 Å². The summed E-state index contributed by atoms with van der Waals surface area (Å²) < 4.78 is 16.0. The van der Waals surface area contributed by atoms with Crippen LogP contribution in [0.5, 0.6) is 5.75 Å². The maximum atomic E-state index is 11.8. The zero-order valence-corrected chi connectivity index (χ0v) is 16.9. The molecule has 1 aromatic heterocycles. The monoisotopic (exact) mass is 426 g/mol. The van der Waals surface area contributed by atoms with Crippen molar-refractivity contribution >= 4 is 29.7 Å². The number of nitrogens with one attached hydrogen (secondary N) is 1. The van der Waals surface area contributed by atoms with Gasteiger partial charge in [-0.3, -0.25) is 4.79 Å². The van der Waals surface area contributed by atoms with Crippen molar-refractivity contribution in [1.29, 1.82) is 0 Å². The molecular weight excluding hydrogens is 408 g/mol. The van der Waals surface area contributed by atoms with Crippen LogP contribution in [-0.4, -0.2) is 31.3 Å². The van der Waals surface area contributed by atoms with Gasteiger partial charge in [-0.25, -0.2) is 10.2 Å². The Bertz CT molecular complexity index is 1040. The summed E-state index contributed by atoms with van der Waals surface area (Å²) in [5.41, 5.74) is 3.61. The van der Waals surface area contributed by atoms with Crippen LogP contribution < -0.4 is 10.2 Å². The third-order valence-corrected chi connectivity index (χ3v) is 4.20. The molecule has 8 heteroatoms. The summed E-state index contributed by atoms with van der Waals surface area (Å²) in [5, 5.41) is 4.27. The molecular formula is C22H19ClN2O5. The molecule has 3 aromatic rings. The standard InChI is InChI=1S/C22H19ClN2O5/c1-2-28-22(27)16-9-7-15(8-10-16)19-12-11-17(30-19)13-24-25-21(26)14-29-20-6-4-3-5-18(20)23/h3-13H,2,14H2,1H3,(H,25,26). The molecule has 0 fully saturated rings. The molecule has 0 aliphatic heterocycles. The van der Waals surface area contributed by atoms with E-state index in [-0.39, 0.29) is 12.6 Å². The molecule has 7 nitrogen and oxygen atoms in total. The maximum absolute atomic E-state index is 11.8. The van der Waals surface area contributed by atoms with Crippen LogP contribution in [0, 0.1) is 0 Å². The summed E-state index contributed by atoms with van der Waals surface area (Å²) in [6.07, 6.45) is 1.38. The predicted octanol–water partition coefficient (Wildman–Crippen LogP) is 4.31. The van der Waals surface area contributed by atoms with E-state index >= 15 is 0 Å². The summed E-state index contributed by atoms with van der Waals surface area (Å²) in [5.74, 6) is 0.660. The first-order valence-electron chi connectivity index (χ1n) is 9.13. The van der Waals surface area contributed by atoms with E-state index in [9.17, 15) is 9.59 Å². The van der Waals surface area contributed by atoms with Crippen LogP contribution in [0.1, 0.15) is 23.0 Å². The number of nitrogens with zero attached hydrogens (tertiary/aromatic N) is 1. The Morgan fingerprint density at radius 1 is 1.10 bits per heavy atom. The Labute approximate surface area is 178 Å². The van der Waals surface area contributed by atoms with Gasteiger partial charge in [0.25, 0.3) is 5.91 Å². The summed E-state index contributed by atoms with van der Waals surface area (Å²) in [6, 6.07) is 17.2. The second-order valence-electron chi connectivity index (χ2n) is 6.01. The minimum atomic E-state index is -0.437. The molecule has 154 valence electrons. The maximum Gasteiger partial charge on any atom is 0.338 e. The topological polar surface area (TPSA) is 90.1 Å². The van der Waals surface area contributed by atoms with E-state index in [0.29, 0.717) is 34.5 Å². The van der Waals surface area contributed by atoms with Crippen LogP contribution >= 0.6 is 11.6 Å². The van der Waals surface area contributed by atoms with Crippen LogP contribution in [0.4, 0.5) is 0 Å². The zero-order chi connectivity index (χ0) is 21.3. The number of hydrogen-bond acceptors (Lipinski definition) is 6. The summed E-state index contributed by atoms with van der Waals surface area (Å²) in [4.78, 5) is 23.5. The largest absolute Gasteiger partial charge is 0.482 e. The lowest BCUT2D eigenvalue weighted by atomic mass is 10.1. The molecule has 0 spiro atoms. The van der Waals surface area contributed by atoms with Gasteiger partial charge in [0.15, 0.2) is 6.61 Å². The lowest BCUT2D eigenvalue weighted by Crippen LogP contribution is -2.24. The zero-order valence-electron chi connectivity index (χ0n) is 16.1. The fourth-order valence-electron chi connectivity index (χ4n) is 2.47. The van der Waals surface area contributed by atoms with E-state index in [1.807, 2.05) is 0 Å². The smallest absolute Gasteiger partial charge is 0.338 e. The van der Waals surface area contributed by atoms with Crippen LogP contribution in [-0.2, 0) is 9.53 Å². The Morgan fingerprint density at radius 2 is 1.87 bits per heavy atom. The number of para-hydroxylation sites is 1. The van der Waals surface area contributed by atoms with Gasteiger partial charge in [-0.15, -0.1) is 0 Å². The number of benzene rings is 2. The molecule has 1 amide bonds. The molecule has 0 saturated heterocycles. The van der Waals surface area contributed by atoms with E-state index in [2.05, 4.69) is 10.5 Å². The number of ether oxygens (including phenoxy) is 2. The Morgan fingerprint density at radius 3 is 2.60 bits per heavy atom. The van der Waals surface area contributed by atoms with Crippen molar-refractivity contribution in [3.8, 4) is 17.1 Å². The first-order valence-corrected chi connectivity index (χ1v) is 9.51. The Hall–Kier alpha value is -3.58. The average molecular weight is 427 g/mol. The average Bonchev–Trinajstić information content (AvgIpc) is 3.22. The number of carbonyl (C=O) groups is 2. The van der Waals surface area contributed by atoms with Gasteiger partial charge in [-0.05, 0) is 43.3 Å². The Balaban J connectivity index is 1.52. The van der Waals surface area contributed by atoms with E-state index in [1.165, 1.54) is 6.21 Å². The Kier molecular flexibility index (Phi) is 7.24. The van der Waals surface area contributed by atoms with Crippen LogP contribution in [0.3, 0.4) is 0 Å². The molecule has 0 aliphatic carbocycles. The van der Waals surface area contributed by atoms with Gasteiger partial charge >= 0.3 is 5.97 Å². The van der Waals surface area contributed by atoms with Gasteiger partial charge < -0.3 is 13.9 Å². The lowest BCUT2D eigenvalue weighted by molar-refractivity contribution is -0.123. The first-order chi connectivity index (χ1) is 14.6. The number of carbonyl (C=O) groups excluding carboxylic acids is 2. The normalized spacial score (nSPS) is 10.7. The molecule has 0 radical (unpaired) electrons. The van der Waals surface area contributed by atoms with E-state index in [0.717, 1.165) is 5.56 Å². The van der Waals surface area contributed by atoms with E-state index in [1.54, 1.807) is 67.6 Å². The number of esters is 1.